The summed E-state index contributed by atoms with van der Waals surface area (Å²) in [7, 11) is 1.80. The van der Waals surface area contributed by atoms with Gasteiger partial charge in [0, 0.05) is 36.4 Å². The summed E-state index contributed by atoms with van der Waals surface area (Å²) in [5.41, 5.74) is 3.33. The molecule has 0 spiro atoms. The molecule has 1 saturated carbocycles. The number of carbonyl (C=O) groups excluding carboxylic acids is 2. The third kappa shape index (κ3) is 3.55. The number of fused-ring (bicyclic) bond motifs is 1. The smallest absolute Gasteiger partial charge is 0.272 e. The summed E-state index contributed by atoms with van der Waals surface area (Å²) in [5, 5.41) is 8.08. The van der Waals surface area contributed by atoms with Crippen LogP contribution in [0.25, 0.3) is 11.3 Å². The van der Waals surface area contributed by atoms with Crippen LogP contribution >= 0.6 is 11.3 Å². The van der Waals surface area contributed by atoms with Gasteiger partial charge in [-0.3, -0.25) is 14.3 Å². The number of nitrogens with one attached hydrogen (secondary N) is 1. The molecule has 1 N–H and O–H groups in total. The molecule has 1 fully saturated rings. The van der Waals surface area contributed by atoms with Gasteiger partial charge in [-0.2, -0.15) is 5.10 Å². The average Bonchev–Trinajstić information content (AvgIpc) is 3.41. The van der Waals surface area contributed by atoms with Gasteiger partial charge in [0.15, 0.2) is 5.13 Å². The standard InChI is InChI=1S/C21H21N5O2S/c1-25-17(11-16(24-25)13-5-3-2-4-6-13)20(28)26-10-9-15-18(12-26)29-21(22-15)23-19(27)14-7-8-14/h2-6,11,14H,7-10,12H2,1H3,(H,22,23,27). The van der Waals surface area contributed by atoms with Crippen LogP contribution in [0.2, 0.25) is 0 Å². The quantitative estimate of drug-likeness (QED) is 0.721. The highest BCUT2D eigenvalue weighted by atomic mass is 32.1. The summed E-state index contributed by atoms with van der Waals surface area (Å²) in [6.45, 7) is 1.12. The first-order valence-electron chi connectivity index (χ1n) is 9.76. The van der Waals surface area contributed by atoms with Crippen LogP contribution in [0.4, 0.5) is 5.13 Å². The van der Waals surface area contributed by atoms with Gasteiger partial charge in [-0.25, -0.2) is 4.98 Å². The van der Waals surface area contributed by atoms with E-state index in [9.17, 15) is 9.59 Å². The minimum absolute atomic E-state index is 0.0372. The molecule has 0 saturated heterocycles. The molecule has 7 nitrogen and oxygen atoms in total. The molecule has 148 valence electrons. The first-order chi connectivity index (χ1) is 14.1. The molecule has 5 rings (SSSR count). The van der Waals surface area contributed by atoms with E-state index >= 15 is 0 Å². The second kappa shape index (κ2) is 7.11. The Morgan fingerprint density at radius 2 is 2.00 bits per heavy atom. The second-order valence-corrected chi connectivity index (χ2v) is 8.62. The zero-order valence-electron chi connectivity index (χ0n) is 16.1. The minimum Gasteiger partial charge on any atom is -0.332 e. The summed E-state index contributed by atoms with van der Waals surface area (Å²) in [4.78, 5) is 32.6. The van der Waals surface area contributed by atoms with Crippen molar-refractivity contribution in [1.82, 2.24) is 19.7 Å². The lowest BCUT2D eigenvalue weighted by Gasteiger charge is -2.25. The number of carbonyl (C=O) groups is 2. The maximum Gasteiger partial charge on any atom is 0.272 e. The molecule has 1 aliphatic heterocycles. The maximum absolute atomic E-state index is 13.1. The van der Waals surface area contributed by atoms with Gasteiger partial charge in [-0.15, -0.1) is 0 Å². The average molecular weight is 407 g/mol. The lowest BCUT2D eigenvalue weighted by molar-refractivity contribution is -0.117. The summed E-state index contributed by atoms with van der Waals surface area (Å²) in [6, 6.07) is 11.7. The molecule has 8 heteroatoms. The summed E-state index contributed by atoms with van der Waals surface area (Å²) in [6.07, 6.45) is 2.63. The number of anilines is 1. The predicted molar refractivity (Wildman–Crippen MR) is 111 cm³/mol. The van der Waals surface area contributed by atoms with Crippen LogP contribution in [0.15, 0.2) is 36.4 Å². The Morgan fingerprint density at radius 1 is 1.21 bits per heavy atom. The van der Waals surface area contributed by atoms with Crippen molar-refractivity contribution in [2.45, 2.75) is 25.8 Å². The highest BCUT2D eigenvalue weighted by molar-refractivity contribution is 7.15. The predicted octanol–water partition coefficient (Wildman–Crippen LogP) is 3.09. The summed E-state index contributed by atoms with van der Waals surface area (Å²) < 4.78 is 1.65. The Morgan fingerprint density at radius 3 is 2.76 bits per heavy atom. The number of nitrogens with zero attached hydrogens (tertiary/aromatic N) is 4. The SMILES string of the molecule is Cn1nc(-c2ccccc2)cc1C(=O)N1CCc2nc(NC(=O)C3CC3)sc2C1. The van der Waals surface area contributed by atoms with Crippen molar-refractivity contribution in [3.63, 3.8) is 0 Å². The van der Waals surface area contributed by atoms with Gasteiger partial charge in [0.1, 0.15) is 5.69 Å². The fourth-order valence-corrected chi connectivity index (χ4v) is 4.58. The summed E-state index contributed by atoms with van der Waals surface area (Å²) >= 11 is 1.47. The molecular weight excluding hydrogens is 386 g/mol. The van der Waals surface area contributed by atoms with E-state index in [1.54, 1.807) is 11.7 Å². The zero-order valence-corrected chi connectivity index (χ0v) is 16.9. The van der Waals surface area contributed by atoms with Gasteiger partial charge < -0.3 is 10.2 Å². The first-order valence-corrected chi connectivity index (χ1v) is 10.6. The van der Waals surface area contributed by atoms with Crippen molar-refractivity contribution in [2.24, 2.45) is 13.0 Å². The largest absolute Gasteiger partial charge is 0.332 e. The van der Waals surface area contributed by atoms with Crippen molar-refractivity contribution < 1.29 is 9.59 Å². The van der Waals surface area contributed by atoms with E-state index in [4.69, 9.17) is 0 Å². The molecule has 3 aromatic rings. The number of thiazole rings is 1. The Labute approximate surface area is 172 Å². The van der Waals surface area contributed by atoms with E-state index in [1.807, 2.05) is 41.3 Å². The monoisotopic (exact) mass is 407 g/mol. The van der Waals surface area contributed by atoms with Gasteiger partial charge in [0.05, 0.1) is 17.9 Å². The molecule has 2 aromatic heterocycles. The number of aryl methyl sites for hydroxylation is 1. The number of hydrogen-bond donors (Lipinski definition) is 1. The number of hydrogen-bond acceptors (Lipinski definition) is 5. The third-order valence-corrected chi connectivity index (χ3v) is 6.36. The third-order valence-electron chi connectivity index (χ3n) is 5.37. The minimum atomic E-state index is -0.0372. The van der Waals surface area contributed by atoms with Crippen molar-refractivity contribution >= 4 is 28.3 Å². The Bertz CT molecular complexity index is 1080. The zero-order chi connectivity index (χ0) is 20.0. The molecule has 0 radical (unpaired) electrons. The van der Waals surface area contributed by atoms with Gasteiger partial charge in [-0.1, -0.05) is 41.7 Å². The highest BCUT2D eigenvalue weighted by Crippen LogP contribution is 2.33. The van der Waals surface area contributed by atoms with Crippen molar-refractivity contribution in [3.8, 4) is 11.3 Å². The van der Waals surface area contributed by atoms with E-state index in [0.29, 0.717) is 30.3 Å². The van der Waals surface area contributed by atoms with Gasteiger partial charge in [0.2, 0.25) is 5.91 Å². The van der Waals surface area contributed by atoms with Crippen LogP contribution in [-0.4, -0.2) is 38.0 Å². The molecule has 29 heavy (non-hydrogen) atoms. The van der Waals surface area contributed by atoms with E-state index in [1.165, 1.54) is 11.3 Å². The molecule has 3 heterocycles. The molecule has 0 atom stereocenters. The van der Waals surface area contributed by atoms with Crippen LogP contribution in [0.1, 0.15) is 33.9 Å². The molecule has 0 bridgehead atoms. The fraction of sp³-hybridized carbons (Fsp3) is 0.333. The van der Waals surface area contributed by atoms with E-state index in [-0.39, 0.29) is 17.7 Å². The van der Waals surface area contributed by atoms with Gasteiger partial charge in [-0.05, 0) is 18.9 Å². The van der Waals surface area contributed by atoms with Gasteiger partial charge in [0.25, 0.3) is 5.91 Å². The Balaban J connectivity index is 1.32. The van der Waals surface area contributed by atoms with E-state index < -0.39 is 0 Å². The molecule has 2 amide bonds. The van der Waals surface area contributed by atoms with Crippen LogP contribution in [0.3, 0.4) is 0 Å². The summed E-state index contributed by atoms with van der Waals surface area (Å²) in [5.74, 6) is 0.176. The normalized spacial score (nSPS) is 15.8. The molecule has 0 unspecified atom stereocenters. The Hall–Kier alpha value is -3.00. The lowest BCUT2D eigenvalue weighted by atomic mass is 10.1. The fourth-order valence-electron chi connectivity index (χ4n) is 3.55. The molecular formula is C21H21N5O2S. The van der Waals surface area contributed by atoms with Crippen LogP contribution < -0.4 is 5.32 Å². The lowest BCUT2D eigenvalue weighted by Crippen LogP contribution is -2.36. The molecule has 1 aliphatic carbocycles. The number of aromatic nitrogens is 3. The number of benzene rings is 1. The maximum atomic E-state index is 13.1. The van der Waals surface area contributed by atoms with E-state index in [0.717, 1.165) is 34.7 Å². The van der Waals surface area contributed by atoms with Gasteiger partial charge >= 0.3 is 0 Å². The highest BCUT2D eigenvalue weighted by Gasteiger charge is 2.31. The number of rotatable bonds is 4. The number of amides is 2. The topological polar surface area (TPSA) is 80.1 Å². The van der Waals surface area contributed by atoms with E-state index in [2.05, 4.69) is 15.4 Å². The van der Waals surface area contributed by atoms with Crippen molar-refractivity contribution in [2.75, 3.05) is 11.9 Å². The van der Waals surface area contributed by atoms with Crippen LogP contribution in [0, 0.1) is 5.92 Å². The van der Waals surface area contributed by atoms with Crippen LogP contribution in [0.5, 0.6) is 0 Å². The van der Waals surface area contributed by atoms with Crippen molar-refractivity contribution in [3.05, 3.63) is 52.7 Å². The van der Waals surface area contributed by atoms with Crippen molar-refractivity contribution in [1.29, 1.82) is 0 Å². The Kier molecular flexibility index (Phi) is 4.43. The van der Waals surface area contributed by atoms with Crippen LogP contribution in [-0.2, 0) is 24.8 Å². The molecule has 1 aromatic carbocycles. The second-order valence-electron chi connectivity index (χ2n) is 7.53. The first kappa shape index (κ1) is 18.1. The molecule has 2 aliphatic rings.